The van der Waals surface area contributed by atoms with Crippen LogP contribution in [0.25, 0.3) is 0 Å². The molecule has 0 radical (unpaired) electrons. The van der Waals surface area contributed by atoms with E-state index in [1.54, 1.807) is 0 Å². The molecule has 0 bridgehead atoms. The van der Waals surface area contributed by atoms with Crippen molar-refractivity contribution in [2.75, 3.05) is 45.2 Å². The summed E-state index contributed by atoms with van der Waals surface area (Å²) in [6, 6.07) is 0. The van der Waals surface area contributed by atoms with E-state index in [4.69, 9.17) is 0 Å². The van der Waals surface area contributed by atoms with E-state index in [0.717, 1.165) is 37.1 Å². The summed E-state index contributed by atoms with van der Waals surface area (Å²) in [6.07, 6.45) is 6.27. The topological polar surface area (TPSA) is 44.3 Å². The van der Waals surface area contributed by atoms with Gasteiger partial charge in [0.25, 0.3) is 0 Å². The standard InChI is InChI=1S/C15H27N5/c1-4-16-9-14-10-17-11-15(18-14)20(3)12-13-5-7-19(2)8-6-13/h10-11,13,16H,4-9,12H2,1-3H3. The molecule has 1 aromatic heterocycles. The SMILES string of the molecule is CCNCc1cncc(N(C)CC2CCN(C)CC2)n1. The fraction of sp³-hybridized carbons (Fsp3) is 0.733. The summed E-state index contributed by atoms with van der Waals surface area (Å²) in [5.41, 5.74) is 1.01. The summed E-state index contributed by atoms with van der Waals surface area (Å²) in [4.78, 5) is 13.7. The highest BCUT2D eigenvalue weighted by Crippen LogP contribution is 2.19. The van der Waals surface area contributed by atoms with Crippen molar-refractivity contribution in [1.82, 2.24) is 20.2 Å². The van der Waals surface area contributed by atoms with E-state index >= 15 is 0 Å². The Hall–Kier alpha value is -1.20. The van der Waals surface area contributed by atoms with E-state index in [1.165, 1.54) is 25.9 Å². The van der Waals surface area contributed by atoms with Gasteiger partial charge in [0.05, 0.1) is 11.9 Å². The minimum Gasteiger partial charge on any atom is -0.358 e. The van der Waals surface area contributed by atoms with Gasteiger partial charge in [-0.05, 0) is 45.4 Å². The smallest absolute Gasteiger partial charge is 0.147 e. The van der Waals surface area contributed by atoms with Crippen LogP contribution in [0.1, 0.15) is 25.5 Å². The first kappa shape index (κ1) is 15.2. The van der Waals surface area contributed by atoms with Gasteiger partial charge in [-0.15, -0.1) is 0 Å². The van der Waals surface area contributed by atoms with Crippen molar-refractivity contribution in [3.05, 3.63) is 18.1 Å². The van der Waals surface area contributed by atoms with Crippen LogP contribution in [0.2, 0.25) is 0 Å². The average Bonchev–Trinajstić information content (AvgIpc) is 2.48. The Morgan fingerprint density at radius 2 is 2.10 bits per heavy atom. The van der Waals surface area contributed by atoms with Crippen molar-refractivity contribution in [3.63, 3.8) is 0 Å². The molecule has 0 aliphatic carbocycles. The van der Waals surface area contributed by atoms with Gasteiger partial charge in [0.15, 0.2) is 0 Å². The van der Waals surface area contributed by atoms with Gasteiger partial charge in [-0.25, -0.2) is 4.98 Å². The number of aromatic nitrogens is 2. The van der Waals surface area contributed by atoms with Gasteiger partial charge < -0.3 is 15.1 Å². The molecule has 1 N–H and O–H groups in total. The third-order valence-electron chi connectivity index (χ3n) is 3.99. The fourth-order valence-corrected chi connectivity index (χ4v) is 2.64. The second-order valence-corrected chi connectivity index (χ2v) is 5.78. The molecule has 1 fully saturated rings. The Morgan fingerprint density at radius 3 is 2.80 bits per heavy atom. The lowest BCUT2D eigenvalue weighted by Crippen LogP contribution is -2.36. The van der Waals surface area contributed by atoms with Crippen LogP contribution in [-0.2, 0) is 6.54 Å². The molecule has 112 valence electrons. The Balaban J connectivity index is 1.89. The average molecular weight is 277 g/mol. The molecular weight excluding hydrogens is 250 g/mol. The third-order valence-corrected chi connectivity index (χ3v) is 3.99. The molecule has 0 amide bonds. The van der Waals surface area contributed by atoms with Crippen LogP contribution in [-0.4, -0.2) is 55.1 Å². The molecule has 2 rings (SSSR count). The predicted octanol–water partition coefficient (Wildman–Crippen LogP) is 1.36. The van der Waals surface area contributed by atoms with Crippen LogP contribution in [0, 0.1) is 5.92 Å². The van der Waals surface area contributed by atoms with E-state index in [1.807, 2.05) is 12.4 Å². The van der Waals surface area contributed by atoms with Gasteiger partial charge in [-0.2, -0.15) is 0 Å². The highest BCUT2D eigenvalue weighted by atomic mass is 15.2. The fourth-order valence-electron chi connectivity index (χ4n) is 2.64. The quantitative estimate of drug-likeness (QED) is 0.850. The first-order valence-corrected chi connectivity index (χ1v) is 7.60. The summed E-state index contributed by atoms with van der Waals surface area (Å²) < 4.78 is 0. The largest absolute Gasteiger partial charge is 0.358 e. The maximum Gasteiger partial charge on any atom is 0.147 e. The number of rotatable bonds is 6. The number of piperidine rings is 1. The monoisotopic (exact) mass is 277 g/mol. The molecule has 20 heavy (non-hydrogen) atoms. The summed E-state index contributed by atoms with van der Waals surface area (Å²) in [6.45, 7) is 7.35. The van der Waals surface area contributed by atoms with Crippen molar-refractivity contribution >= 4 is 5.82 Å². The first-order chi connectivity index (χ1) is 9.69. The molecule has 5 nitrogen and oxygen atoms in total. The molecule has 2 heterocycles. The van der Waals surface area contributed by atoms with Gasteiger partial charge in [0.1, 0.15) is 5.82 Å². The first-order valence-electron chi connectivity index (χ1n) is 7.60. The Morgan fingerprint density at radius 1 is 1.35 bits per heavy atom. The lowest BCUT2D eigenvalue weighted by Gasteiger charge is -2.32. The van der Waals surface area contributed by atoms with Crippen molar-refractivity contribution in [1.29, 1.82) is 0 Å². The summed E-state index contributed by atoms with van der Waals surface area (Å²) in [5, 5.41) is 3.29. The number of hydrogen-bond donors (Lipinski definition) is 1. The minimum absolute atomic E-state index is 0.774. The molecule has 1 aliphatic heterocycles. The summed E-state index contributed by atoms with van der Waals surface area (Å²) in [7, 11) is 4.33. The van der Waals surface area contributed by atoms with Crippen molar-refractivity contribution in [3.8, 4) is 0 Å². The highest BCUT2D eigenvalue weighted by Gasteiger charge is 2.18. The third kappa shape index (κ3) is 4.42. The molecule has 0 atom stereocenters. The zero-order chi connectivity index (χ0) is 14.4. The van der Waals surface area contributed by atoms with Gasteiger partial charge >= 0.3 is 0 Å². The maximum absolute atomic E-state index is 4.68. The Labute approximate surface area is 122 Å². The Kier molecular flexibility index (Phi) is 5.73. The molecule has 0 spiro atoms. The van der Waals surface area contributed by atoms with Gasteiger partial charge in [-0.3, -0.25) is 4.98 Å². The molecule has 0 aromatic carbocycles. The van der Waals surface area contributed by atoms with E-state index in [2.05, 4.69) is 46.1 Å². The van der Waals surface area contributed by atoms with Gasteiger partial charge in [0.2, 0.25) is 0 Å². The Bertz CT molecular complexity index is 401. The second-order valence-electron chi connectivity index (χ2n) is 5.78. The number of hydrogen-bond acceptors (Lipinski definition) is 5. The van der Waals surface area contributed by atoms with Crippen LogP contribution >= 0.6 is 0 Å². The van der Waals surface area contributed by atoms with Gasteiger partial charge in [0, 0.05) is 26.3 Å². The van der Waals surface area contributed by atoms with Crippen molar-refractivity contribution in [2.45, 2.75) is 26.3 Å². The normalized spacial score (nSPS) is 17.4. The molecule has 0 saturated carbocycles. The zero-order valence-corrected chi connectivity index (χ0v) is 13.0. The van der Waals surface area contributed by atoms with Gasteiger partial charge in [-0.1, -0.05) is 6.92 Å². The lowest BCUT2D eigenvalue weighted by molar-refractivity contribution is 0.222. The molecule has 1 aliphatic rings. The van der Waals surface area contributed by atoms with Crippen LogP contribution in [0.5, 0.6) is 0 Å². The van der Waals surface area contributed by atoms with E-state index in [-0.39, 0.29) is 0 Å². The molecule has 0 unspecified atom stereocenters. The zero-order valence-electron chi connectivity index (χ0n) is 13.0. The summed E-state index contributed by atoms with van der Waals surface area (Å²) in [5.74, 6) is 1.76. The summed E-state index contributed by atoms with van der Waals surface area (Å²) >= 11 is 0. The van der Waals surface area contributed by atoms with E-state index in [0.29, 0.717) is 0 Å². The van der Waals surface area contributed by atoms with Crippen LogP contribution in [0.15, 0.2) is 12.4 Å². The number of nitrogens with zero attached hydrogens (tertiary/aromatic N) is 4. The van der Waals surface area contributed by atoms with Crippen molar-refractivity contribution in [2.24, 2.45) is 5.92 Å². The molecule has 1 saturated heterocycles. The lowest BCUT2D eigenvalue weighted by atomic mass is 9.97. The maximum atomic E-state index is 4.68. The number of nitrogens with one attached hydrogen (secondary N) is 1. The van der Waals surface area contributed by atoms with E-state index < -0.39 is 0 Å². The molecule has 1 aromatic rings. The molecule has 5 heteroatoms. The van der Waals surface area contributed by atoms with Crippen LogP contribution in [0.4, 0.5) is 5.82 Å². The number of anilines is 1. The minimum atomic E-state index is 0.774. The van der Waals surface area contributed by atoms with Crippen LogP contribution < -0.4 is 10.2 Å². The highest BCUT2D eigenvalue weighted by molar-refractivity contribution is 5.35. The predicted molar refractivity (Wildman–Crippen MR) is 82.9 cm³/mol. The van der Waals surface area contributed by atoms with E-state index in [9.17, 15) is 0 Å². The second kappa shape index (κ2) is 7.55. The number of likely N-dealkylation sites (tertiary alicyclic amines) is 1. The molecular formula is C15H27N5. The van der Waals surface area contributed by atoms with Crippen LogP contribution in [0.3, 0.4) is 0 Å². The van der Waals surface area contributed by atoms with Crippen molar-refractivity contribution < 1.29 is 0 Å².